The molecule has 0 saturated carbocycles. The summed E-state index contributed by atoms with van der Waals surface area (Å²) in [4.78, 5) is 13.6. The summed E-state index contributed by atoms with van der Waals surface area (Å²) in [7, 11) is 0. The molecule has 188 valence electrons. The highest BCUT2D eigenvalue weighted by atomic mass is 32.2. The molecule has 0 spiro atoms. The molecule has 0 aliphatic carbocycles. The number of rotatable bonds is 7. The number of benzene rings is 3. The van der Waals surface area contributed by atoms with E-state index in [0.717, 1.165) is 10.6 Å². The second-order valence-corrected chi connectivity index (χ2v) is 9.53. The average Bonchev–Trinajstić information content (AvgIpc) is 3.64. The van der Waals surface area contributed by atoms with Crippen LogP contribution in [0.4, 0.5) is 10.5 Å². The van der Waals surface area contributed by atoms with Gasteiger partial charge >= 0.3 is 6.09 Å². The number of carbonyl (C=O) groups excluding carboxylic acids is 1. The normalized spacial score (nSPS) is 22.4. The third kappa shape index (κ3) is 5.29. The van der Waals surface area contributed by atoms with E-state index in [2.05, 4.69) is 20.8 Å². The van der Waals surface area contributed by atoms with E-state index >= 15 is 0 Å². The van der Waals surface area contributed by atoms with E-state index in [1.807, 2.05) is 60.7 Å². The fourth-order valence-electron chi connectivity index (χ4n) is 4.33. The van der Waals surface area contributed by atoms with Gasteiger partial charge < -0.3 is 18.9 Å². The largest absolute Gasteiger partial charge is 0.457 e. The lowest BCUT2D eigenvalue weighted by Crippen LogP contribution is -2.35. The molecule has 3 aromatic carbocycles. The van der Waals surface area contributed by atoms with Crippen LogP contribution in [-0.2, 0) is 14.2 Å². The minimum Gasteiger partial charge on any atom is -0.457 e. The van der Waals surface area contributed by atoms with E-state index in [-0.39, 0.29) is 18.8 Å². The minimum absolute atomic E-state index is 0.222. The molecule has 0 bridgehead atoms. The Balaban J connectivity index is 1.04. The average molecular weight is 518 g/mol. The highest BCUT2D eigenvalue weighted by molar-refractivity contribution is 7.99. The number of tetrazole rings is 1. The molecule has 4 aromatic rings. The third-order valence-electron chi connectivity index (χ3n) is 6.05. The van der Waals surface area contributed by atoms with Gasteiger partial charge in [-0.15, -0.1) is 5.10 Å². The van der Waals surface area contributed by atoms with Crippen LogP contribution in [0.1, 0.15) is 6.04 Å². The lowest BCUT2D eigenvalue weighted by molar-refractivity contribution is 0.00751. The van der Waals surface area contributed by atoms with E-state index in [4.69, 9.17) is 18.9 Å². The maximum absolute atomic E-state index is 12.6. The Morgan fingerprint density at radius 2 is 1.59 bits per heavy atom. The smallest absolute Gasteiger partial charge is 0.412 e. The van der Waals surface area contributed by atoms with Crippen LogP contribution in [0.15, 0.2) is 95.0 Å². The van der Waals surface area contributed by atoms with Gasteiger partial charge in [-0.1, -0.05) is 36.4 Å². The fraction of sp³-hybridized carbons (Fsp3) is 0.231. The van der Waals surface area contributed by atoms with Crippen molar-refractivity contribution in [3.63, 3.8) is 0 Å². The van der Waals surface area contributed by atoms with Gasteiger partial charge in [-0.3, -0.25) is 5.32 Å². The van der Waals surface area contributed by atoms with Crippen LogP contribution < -0.4 is 10.1 Å². The van der Waals surface area contributed by atoms with Crippen molar-refractivity contribution in [3.8, 4) is 11.5 Å². The molecule has 37 heavy (non-hydrogen) atoms. The number of carbonyl (C=O) groups is 1. The van der Waals surface area contributed by atoms with Gasteiger partial charge in [-0.2, -0.15) is 0 Å². The molecule has 3 heterocycles. The summed E-state index contributed by atoms with van der Waals surface area (Å²) in [5.74, 6) is 1.40. The fourth-order valence-corrected chi connectivity index (χ4v) is 5.17. The first-order valence-electron chi connectivity index (χ1n) is 11.8. The molecule has 2 aliphatic rings. The minimum atomic E-state index is -0.583. The number of ether oxygens (including phenoxy) is 4. The van der Waals surface area contributed by atoms with Gasteiger partial charge in [0.25, 0.3) is 0 Å². The van der Waals surface area contributed by atoms with Crippen molar-refractivity contribution in [2.45, 2.75) is 34.4 Å². The molecule has 2 fully saturated rings. The van der Waals surface area contributed by atoms with Crippen molar-refractivity contribution in [1.82, 2.24) is 20.2 Å². The molecule has 0 radical (unpaired) electrons. The van der Waals surface area contributed by atoms with Gasteiger partial charge in [0.15, 0.2) is 6.10 Å². The number of para-hydroxylation sites is 1. The molecule has 2 aliphatic heterocycles. The first-order chi connectivity index (χ1) is 18.2. The van der Waals surface area contributed by atoms with E-state index < -0.39 is 18.3 Å². The number of aromatic nitrogens is 4. The predicted octanol–water partition coefficient (Wildman–Crippen LogP) is 4.57. The number of nitrogens with zero attached hydrogens (tertiary/aromatic N) is 4. The SMILES string of the molecule is O=C(Nc1ccc(Oc2ccccc2)cc1)OC1COC2C1OCC2n1nnnc1Sc1ccccc1. The Kier molecular flexibility index (Phi) is 6.72. The van der Waals surface area contributed by atoms with Gasteiger partial charge in [0, 0.05) is 10.6 Å². The summed E-state index contributed by atoms with van der Waals surface area (Å²) < 4.78 is 25.1. The van der Waals surface area contributed by atoms with Crippen molar-refractivity contribution < 1.29 is 23.7 Å². The van der Waals surface area contributed by atoms with E-state index in [1.54, 1.807) is 28.9 Å². The zero-order valence-electron chi connectivity index (χ0n) is 19.5. The number of hydrogen-bond acceptors (Lipinski definition) is 9. The van der Waals surface area contributed by atoms with Crippen LogP contribution >= 0.6 is 11.8 Å². The molecule has 4 unspecified atom stereocenters. The third-order valence-corrected chi connectivity index (χ3v) is 7.01. The Bertz CT molecular complexity index is 1340. The standard InChI is InChI=1S/C26H23N5O5S/c32-26(27-17-11-13-19(14-12-17)35-18-7-3-1-4-8-18)36-22-16-34-23-21(15-33-24(22)23)31-25(28-29-30-31)37-20-9-5-2-6-10-20/h1-14,21-24H,15-16H2,(H,27,32). The highest BCUT2D eigenvalue weighted by Gasteiger charge is 2.51. The van der Waals surface area contributed by atoms with Crippen LogP contribution in [0, 0.1) is 0 Å². The topological polar surface area (TPSA) is 110 Å². The maximum Gasteiger partial charge on any atom is 0.412 e. The molecule has 11 heteroatoms. The van der Waals surface area contributed by atoms with Crippen LogP contribution in [-0.4, -0.2) is 57.8 Å². The molecule has 2 saturated heterocycles. The monoisotopic (exact) mass is 517 g/mol. The van der Waals surface area contributed by atoms with Crippen molar-refractivity contribution in [3.05, 3.63) is 84.9 Å². The molecule has 4 atom stereocenters. The zero-order chi connectivity index (χ0) is 25.0. The summed E-state index contributed by atoms with van der Waals surface area (Å²) in [5, 5.41) is 15.6. The molecule has 10 nitrogen and oxygen atoms in total. The van der Waals surface area contributed by atoms with Gasteiger partial charge in [0.05, 0.1) is 13.2 Å². The molecule has 6 rings (SSSR count). The summed E-state index contributed by atoms with van der Waals surface area (Å²) >= 11 is 1.47. The number of hydrogen-bond donors (Lipinski definition) is 1. The number of nitrogens with one attached hydrogen (secondary N) is 1. The number of amides is 1. The van der Waals surface area contributed by atoms with Gasteiger partial charge in [-0.25, -0.2) is 9.48 Å². The van der Waals surface area contributed by atoms with Crippen molar-refractivity contribution >= 4 is 23.5 Å². The lowest BCUT2D eigenvalue weighted by atomic mass is 10.1. The first-order valence-corrected chi connectivity index (χ1v) is 12.6. The number of fused-ring (bicyclic) bond motifs is 1. The zero-order valence-corrected chi connectivity index (χ0v) is 20.4. The predicted molar refractivity (Wildman–Crippen MR) is 134 cm³/mol. The van der Waals surface area contributed by atoms with Gasteiger partial charge in [-0.05, 0) is 70.7 Å². The molecular formula is C26H23N5O5S. The Morgan fingerprint density at radius 1 is 0.892 bits per heavy atom. The van der Waals surface area contributed by atoms with E-state index in [9.17, 15) is 4.79 Å². The maximum atomic E-state index is 12.6. The van der Waals surface area contributed by atoms with Crippen LogP contribution in [0.5, 0.6) is 11.5 Å². The Labute approximate surface area is 216 Å². The van der Waals surface area contributed by atoms with Crippen molar-refractivity contribution in [2.24, 2.45) is 0 Å². The van der Waals surface area contributed by atoms with E-state index in [0.29, 0.717) is 23.2 Å². The molecule has 1 N–H and O–H groups in total. The van der Waals surface area contributed by atoms with Gasteiger partial charge in [0.2, 0.25) is 5.16 Å². The van der Waals surface area contributed by atoms with Crippen LogP contribution in [0.25, 0.3) is 0 Å². The molecular weight excluding hydrogens is 494 g/mol. The van der Waals surface area contributed by atoms with Crippen LogP contribution in [0.2, 0.25) is 0 Å². The van der Waals surface area contributed by atoms with Crippen LogP contribution in [0.3, 0.4) is 0 Å². The summed E-state index contributed by atoms with van der Waals surface area (Å²) in [6.07, 6.45) is -1.86. The van der Waals surface area contributed by atoms with Gasteiger partial charge in [0.1, 0.15) is 29.7 Å². The quantitative estimate of drug-likeness (QED) is 0.377. The summed E-state index contributed by atoms with van der Waals surface area (Å²) in [6.45, 7) is 0.583. The summed E-state index contributed by atoms with van der Waals surface area (Å²) in [5.41, 5.74) is 0.586. The number of anilines is 1. The Hall–Kier alpha value is -3.93. The van der Waals surface area contributed by atoms with Crippen molar-refractivity contribution in [2.75, 3.05) is 18.5 Å². The molecule has 1 aromatic heterocycles. The molecule has 1 amide bonds. The Morgan fingerprint density at radius 3 is 2.38 bits per heavy atom. The second kappa shape index (κ2) is 10.6. The second-order valence-electron chi connectivity index (χ2n) is 8.49. The van der Waals surface area contributed by atoms with Crippen molar-refractivity contribution in [1.29, 1.82) is 0 Å². The first kappa shape index (κ1) is 23.5. The van der Waals surface area contributed by atoms with E-state index in [1.165, 1.54) is 11.8 Å². The lowest BCUT2D eigenvalue weighted by Gasteiger charge is -2.17. The highest BCUT2D eigenvalue weighted by Crippen LogP contribution is 2.37. The summed E-state index contributed by atoms with van der Waals surface area (Å²) in [6, 6.07) is 26.2.